The van der Waals surface area contributed by atoms with Crippen LogP contribution in [0, 0.1) is 0 Å². The smallest absolute Gasteiger partial charge is 0.271 e. The number of benzene rings is 1. The average Bonchev–Trinajstić information content (AvgIpc) is 2.58. The second kappa shape index (κ2) is 5.51. The topological polar surface area (TPSA) is 49.4 Å². The van der Waals surface area contributed by atoms with Gasteiger partial charge in [-0.15, -0.1) is 0 Å². The predicted octanol–water partition coefficient (Wildman–Crippen LogP) is 2.22. The maximum atomic E-state index is 12.1. The molecule has 4 nitrogen and oxygen atoms in total. The first kappa shape index (κ1) is 12.4. The minimum absolute atomic E-state index is 0.622. The molecule has 1 aromatic carbocycles. The van der Waals surface area contributed by atoms with Crippen molar-refractivity contribution in [3.05, 3.63) is 30.3 Å². The second-order valence-corrected chi connectivity index (χ2v) is 5.96. The molecule has 0 radical (unpaired) electrons. The van der Waals surface area contributed by atoms with E-state index in [2.05, 4.69) is 4.72 Å². The third kappa shape index (κ3) is 3.44. The molecule has 0 unspecified atom stereocenters. The zero-order valence-corrected chi connectivity index (χ0v) is 10.6. The Morgan fingerprint density at radius 1 is 0.941 bits per heavy atom. The van der Waals surface area contributed by atoms with Gasteiger partial charge in [0.25, 0.3) is 0 Å². The van der Waals surface area contributed by atoms with E-state index < -0.39 is 10.2 Å². The van der Waals surface area contributed by atoms with Crippen LogP contribution in [0.1, 0.15) is 25.7 Å². The van der Waals surface area contributed by atoms with E-state index in [-0.39, 0.29) is 0 Å². The average molecular weight is 254 g/mol. The summed E-state index contributed by atoms with van der Waals surface area (Å²) < 4.78 is 28.4. The van der Waals surface area contributed by atoms with Crippen LogP contribution in [0.3, 0.4) is 0 Å². The third-order valence-corrected chi connectivity index (χ3v) is 4.46. The lowest BCUT2D eigenvalue weighted by molar-refractivity contribution is 0.427. The minimum atomic E-state index is -3.38. The number of hydrogen-bond donors (Lipinski definition) is 1. The van der Waals surface area contributed by atoms with Gasteiger partial charge in [0.05, 0.1) is 0 Å². The monoisotopic (exact) mass is 254 g/mol. The summed E-state index contributed by atoms with van der Waals surface area (Å²) >= 11 is 0. The van der Waals surface area contributed by atoms with Crippen molar-refractivity contribution in [2.24, 2.45) is 0 Å². The molecule has 17 heavy (non-hydrogen) atoms. The fraction of sp³-hybridized carbons (Fsp3) is 0.500. The van der Waals surface area contributed by atoms with Crippen molar-refractivity contribution in [2.45, 2.75) is 25.7 Å². The fourth-order valence-corrected chi connectivity index (χ4v) is 3.30. The fourth-order valence-electron chi connectivity index (χ4n) is 2.00. The van der Waals surface area contributed by atoms with Gasteiger partial charge >= 0.3 is 10.2 Å². The highest BCUT2D eigenvalue weighted by Gasteiger charge is 2.22. The molecular formula is C12H18N2O2S. The lowest BCUT2D eigenvalue weighted by Crippen LogP contribution is -2.36. The van der Waals surface area contributed by atoms with Crippen LogP contribution < -0.4 is 4.72 Å². The molecule has 0 atom stereocenters. The Labute approximate surface area is 103 Å². The van der Waals surface area contributed by atoms with E-state index >= 15 is 0 Å². The van der Waals surface area contributed by atoms with Crippen molar-refractivity contribution in [2.75, 3.05) is 17.8 Å². The van der Waals surface area contributed by atoms with Gasteiger partial charge in [-0.3, -0.25) is 4.72 Å². The Kier molecular flexibility index (Phi) is 4.02. The van der Waals surface area contributed by atoms with E-state index in [0.29, 0.717) is 18.8 Å². The first-order valence-corrected chi connectivity index (χ1v) is 7.45. The maximum Gasteiger partial charge on any atom is 0.301 e. The van der Waals surface area contributed by atoms with Gasteiger partial charge in [0, 0.05) is 18.8 Å². The van der Waals surface area contributed by atoms with Crippen molar-refractivity contribution in [3.63, 3.8) is 0 Å². The Morgan fingerprint density at radius 2 is 1.53 bits per heavy atom. The molecule has 0 saturated carbocycles. The van der Waals surface area contributed by atoms with Gasteiger partial charge in [0.15, 0.2) is 0 Å². The lowest BCUT2D eigenvalue weighted by atomic mass is 10.2. The van der Waals surface area contributed by atoms with Crippen molar-refractivity contribution in [1.82, 2.24) is 4.31 Å². The molecule has 0 amide bonds. The predicted molar refractivity (Wildman–Crippen MR) is 69.0 cm³/mol. The van der Waals surface area contributed by atoms with Crippen LogP contribution in [0.4, 0.5) is 5.69 Å². The standard InChI is InChI=1S/C12H18N2O2S/c15-17(16,13-12-8-4-3-5-9-12)14-10-6-1-2-7-11-14/h3-5,8-9,13H,1-2,6-7,10-11H2. The Balaban J connectivity index is 2.07. The van der Waals surface area contributed by atoms with Gasteiger partial charge in [-0.1, -0.05) is 31.0 Å². The van der Waals surface area contributed by atoms with Crippen molar-refractivity contribution >= 4 is 15.9 Å². The summed E-state index contributed by atoms with van der Waals surface area (Å²) in [5.74, 6) is 0. The number of hydrogen-bond acceptors (Lipinski definition) is 2. The molecule has 0 aliphatic carbocycles. The summed E-state index contributed by atoms with van der Waals surface area (Å²) in [6.45, 7) is 1.25. The van der Waals surface area contributed by atoms with Crippen LogP contribution in [-0.2, 0) is 10.2 Å². The molecule has 1 fully saturated rings. The minimum Gasteiger partial charge on any atom is -0.271 e. The number of para-hydroxylation sites is 1. The molecule has 1 aliphatic heterocycles. The summed E-state index contributed by atoms with van der Waals surface area (Å²) in [4.78, 5) is 0. The maximum absolute atomic E-state index is 12.1. The van der Waals surface area contributed by atoms with Gasteiger partial charge in [-0.05, 0) is 25.0 Å². The molecule has 1 aliphatic rings. The van der Waals surface area contributed by atoms with Gasteiger partial charge in [-0.25, -0.2) is 0 Å². The number of rotatable bonds is 3. The molecular weight excluding hydrogens is 236 g/mol. The van der Waals surface area contributed by atoms with E-state index in [0.717, 1.165) is 25.7 Å². The highest BCUT2D eigenvalue weighted by molar-refractivity contribution is 7.90. The molecule has 94 valence electrons. The normalized spacial score (nSPS) is 18.6. The van der Waals surface area contributed by atoms with Crippen LogP contribution >= 0.6 is 0 Å². The van der Waals surface area contributed by atoms with Crippen LogP contribution in [-0.4, -0.2) is 25.8 Å². The summed E-state index contributed by atoms with van der Waals surface area (Å²) in [5.41, 5.74) is 0.622. The SMILES string of the molecule is O=S(=O)(Nc1ccccc1)N1CCCCCC1. The number of anilines is 1. The summed E-state index contributed by atoms with van der Waals surface area (Å²) in [6, 6.07) is 9.02. The first-order valence-electron chi connectivity index (χ1n) is 6.01. The van der Waals surface area contributed by atoms with Gasteiger partial charge in [0.2, 0.25) is 0 Å². The number of nitrogens with zero attached hydrogens (tertiary/aromatic N) is 1. The summed E-state index contributed by atoms with van der Waals surface area (Å²) in [7, 11) is -3.38. The molecule has 0 bridgehead atoms. The molecule has 1 heterocycles. The van der Waals surface area contributed by atoms with E-state index in [9.17, 15) is 8.42 Å². The van der Waals surface area contributed by atoms with Crippen LogP contribution in [0.25, 0.3) is 0 Å². The van der Waals surface area contributed by atoms with Gasteiger partial charge < -0.3 is 0 Å². The first-order chi connectivity index (χ1) is 8.18. The molecule has 1 N–H and O–H groups in total. The van der Waals surface area contributed by atoms with Crippen LogP contribution in [0.5, 0.6) is 0 Å². The van der Waals surface area contributed by atoms with Crippen molar-refractivity contribution in [3.8, 4) is 0 Å². The quantitative estimate of drug-likeness (QED) is 0.899. The van der Waals surface area contributed by atoms with Crippen LogP contribution in [0.15, 0.2) is 30.3 Å². The van der Waals surface area contributed by atoms with Gasteiger partial charge in [0.1, 0.15) is 0 Å². The highest BCUT2D eigenvalue weighted by atomic mass is 32.2. The zero-order valence-electron chi connectivity index (χ0n) is 9.80. The van der Waals surface area contributed by atoms with Crippen molar-refractivity contribution < 1.29 is 8.42 Å². The molecule has 0 spiro atoms. The second-order valence-electron chi connectivity index (χ2n) is 4.29. The molecule has 1 saturated heterocycles. The Morgan fingerprint density at radius 3 is 2.12 bits per heavy atom. The molecule has 2 rings (SSSR count). The Bertz CT molecular complexity index is 437. The van der Waals surface area contributed by atoms with E-state index in [1.807, 2.05) is 18.2 Å². The number of nitrogens with one attached hydrogen (secondary N) is 1. The van der Waals surface area contributed by atoms with E-state index in [1.54, 1.807) is 16.4 Å². The lowest BCUT2D eigenvalue weighted by Gasteiger charge is -2.20. The van der Waals surface area contributed by atoms with Crippen LogP contribution in [0.2, 0.25) is 0 Å². The molecule has 5 heteroatoms. The van der Waals surface area contributed by atoms with Crippen molar-refractivity contribution in [1.29, 1.82) is 0 Å². The largest absolute Gasteiger partial charge is 0.301 e. The van der Waals surface area contributed by atoms with Gasteiger partial charge in [-0.2, -0.15) is 12.7 Å². The highest BCUT2D eigenvalue weighted by Crippen LogP contribution is 2.16. The summed E-state index contributed by atoms with van der Waals surface area (Å²) in [6.07, 6.45) is 4.15. The van der Waals surface area contributed by atoms with E-state index in [1.165, 1.54) is 0 Å². The molecule has 1 aromatic rings. The molecule has 0 aromatic heterocycles. The zero-order chi connectivity index (χ0) is 12.1. The summed E-state index contributed by atoms with van der Waals surface area (Å²) in [5, 5.41) is 0. The Hall–Kier alpha value is -1.07. The third-order valence-electron chi connectivity index (χ3n) is 2.93. The van der Waals surface area contributed by atoms with E-state index in [4.69, 9.17) is 0 Å².